The number of hydrogen-bond donors (Lipinski definition) is 2. The summed E-state index contributed by atoms with van der Waals surface area (Å²) in [5.74, 6) is -0.402. The lowest BCUT2D eigenvalue weighted by molar-refractivity contribution is -0.138. The van der Waals surface area contributed by atoms with E-state index >= 15 is 0 Å². The van der Waals surface area contributed by atoms with Gasteiger partial charge < -0.3 is 15.5 Å². The number of aliphatic imine (C=N–C) groups is 1. The van der Waals surface area contributed by atoms with Crippen LogP contribution in [0.2, 0.25) is 0 Å². The van der Waals surface area contributed by atoms with Gasteiger partial charge in [-0.15, -0.1) is 24.0 Å². The van der Waals surface area contributed by atoms with Crippen LogP contribution in [0.3, 0.4) is 0 Å². The minimum absolute atomic E-state index is 0. The third kappa shape index (κ3) is 6.28. The second-order valence-electron chi connectivity index (χ2n) is 7.26. The maximum Gasteiger partial charge on any atom is 0.230 e. The molecule has 28 heavy (non-hydrogen) atoms. The maximum atomic E-state index is 13.7. The molecular formula is C20H31F2IN4O. The first-order chi connectivity index (χ1) is 12.9. The van der Waals surface area contributed by atoms with Gasteiger partial charge in [0.25, 0.3) is 0 Å². The molecule has 1 amide bonds. The third-order valence-electron chi connectivity index (χ3n) is 5.03. The molecule has 1 fully saturated rings. The molecule has 2 rings (SSSR count). The zero-order chi connectivity index (χ0) is 19.9. The molecule has 0 bridgehead atoms. The second kappa shape index (κ2) is 11.5. The molecule has 0 aromatic heterocycles. The zero-order valence-corrected chi connectivity index (χ0v) is 19.2. The molecule has 0 heterocycles. The third-order valence-corrected chi connectivity index (χ3v) is 5.03. The Morgan fingerprint density at radius 1 is 1.18 bits per heavy atom. The first kappa shape index (κ1) is 24.6. The molecule has 1 saturated carbocycles. The van der Waals surface area contributed by atoms with E-state index in [4.69, 9.17) is 0 Å². The summed E-state index contributed by atoms with van der Waals surface area (Å²) in [6.07, 6.45) is 3.96. The van der Waals surface area contributed by atoms with Crippen LogP contribution < -0.4 is 10.6 Å². The van der Waals surface area contributed by atoms with Crippen LogP contribution in [0.15, 0.2) is 23.2 Å². The molecule has 0 radical (unpaired) electrons. The Hall–Kier alpha value is -1.45. The number of carbonyl (C=O) groups excluding carboxylic acids is 1. The Balaban J connectivity index is 0.00000392. The van der Waals surface area contributed by atoms with Crippen LogP contribution >= 0.6 is 24.0 Å². The van der Waals surface area contributed by atoms with Gasteiger partial charge in [-0.2, -0.15) is 0 Å². The molecule has 158 valence electrons. The van der Waals surface area contributed by atoms with E-state index in [0.717, 1.165) is 25.7 Å². The van der Waals surface area contributed by atoms with Gasteiger partial charge in [0.1, 0.15) is 11.6 Å². The largest absolute Gasteiger partial charge is 0.357 e. The molecule has 2 N–H and O–H groups in total. The number of nitrogens with zero attached hydrogens (tertiary/aromatic N) is 2. The summed E-state index contributed by atoms with van der Waals surface area (Å²) < 4.78 is 27.5. The summed E-state index contributed by atoms with van der Waals surface area (Å²) in [5, 5.41) is 6.25. The summed E-state index contributed by atoms with van der Waals surface area (Å²) in [4.78, 5) is 18.9. The molecule has 0 spiro atoms. The van der Waals surface area contributed by atoms with E-state index in [1.54, 1.807) is 19.0 Å². The molecule has 1 aliphatic rings. The molecule has 1 aromatic carbocycles. The van der Waals surface area contributed by atoms with Crippen LogP contribution in [0.5, 0.6) is 0 Å². The first-order valence-corrected chi connectivity index (χ1v) is 9.56. The summed E-state index contributed by atoms with van der Waals surface area (Å²) in [7, 11) is 3.55. The van der Waals surface area contributed by atoms with E-state index < -0.39 is 17.0 Å². The van der Waals surface area contributed by atoms with Crippen molar-refractivity contribution in [1.29, 1.82) is 0 Å². The van der Waals surface area contributed by atoms with Gasteiger partial charge in [-0.1, -0.05) is 18.9 Å². The Kier molecular flexibility index (Phi) is 10.1. The van der Waals surface area contributed by atoms with E-state index in [2.05, 4.69) is 15.6 Å². The van der Waals surface area contributed by atoms with Gasteiger partial charge in [0, 0.05) is 32.7 Å². The summed E-state index contributed by atoms with van der Waals surface area (Å²) in [5.41, 5.74) is -0.375. The minimum Gasteiger partial charge on any atom is -0.357 e. The molecule has 0 unspecified atom stereocenters. The van der Waals surface area contributed by atoms with Crippen LogP contribution in [0.1, 0.15) is 38.2 Å². The molecule has 0 aliphatic heterocycles. The number of halogens is 3. The average molecular weight is 508 g/mol. The van der Waals surface area contributed by atoms with E-state index in [1.807, 2.05) is 6.92 Å². The standard InChI is InChI=1S/C20H30F2N4O.HI/c1-4-23-19(24-13-10-15-16(21)8-7-9-17(15)22)25-14-20(11-5-6-12-20)18(27)26(2)3;/h7-9H,4-6,10-14H2,1-3H3,(H2,23,24,25);1H. The highest BCUT2D eigenvalue weighted by atomic mass is 127. The van der Waals surface area contributed by atoms with Gasteiger partial charge in [0.15, 0.2) is 5.96 Å². The molecule has 1 aromatic rings. The Labute approximate surface area is 183 Å². The van der Waals surface area contributed by atoms with E-state index in [9.17, 15) is 13.6 Å². The molecule has 0 atom stereocenters. The van der Waals surface area contributed by atoms with E-state index in [1.165, 1.54) is 18.2 Å². The van der Waals surface area contributed by atoms with Crippen molar-refractivity contribution in [2.24, 2.45) is 10.4 Å². The molecule has 0 saturated heterocycles. The van der Waals surface area contributed by atoms with E-state index in [-0.39, 0.29) is 41.9 Å². The van der Waals surface area contributed by atoms with Gasteiger partial charge in [-0.05, 0) is 38.3 Å². The Bertz CT molecular complexity index is 656. The smallest absolute Gasteiger partial charge is 0.230 e. The SMILES string of the molecule is CCNC(=NCC1(C(=O)N(C)C)CCCC1)NCCc1c(F)cccc1F.I. The van der Waals surface area contributed by atoms with Crippen molar-refractivity contribution in [3.05, 3.63) is 35.4 Å². The lowest BCUT2D eigenvalue weighted by Crippen LogP contribution is -2.43. The first-order valence-electron chi connectivity index (χ1n) is 9.56. The zero-order valence-electron chi connectivity index (χ0n) is 16.9. The normalized spacial score (nSPS) is 15.7. The van der Waals surface area contributed by atoms with Crippen molar-refractivity contribution >= 4 is 35.8 Å². The number of benzene rings is 1. The fraction of sp³-hybridized carbons (Fsp3) is 0.600. The van der Waals surface area contributed by atoms with Gasteiger partial charge in [0.05, 0.1) is 12.0 Å². The summed E-state index contributed by atoms with van der Waals surface area (Å²) in [6.45, 7) is 3.37. The van der Waals surface area contributed by atoms with Gasteiger partial charge >= 0.3 is 0 Å². The summed E-state index contributed by atoms with van der Waals surface area (Å²) in [6, 6.07) is 3.87. The highest BCUT2D eigenvalue weighted by Gasteiger charge is 2.42. The lowest BCUT2D eigenvalue weighted by atomic mass is 9.85. The van der Waals surface area contributed by atoms with Crippen LogP contribution in [-0.4, -0.2) is 50.5 Å². The van der Waals surface area contributed by atoms with Crippen molar-refractivity contribution in [3.63, 3.8) is 0 Å². The minimum atomic E-state index is -0.541. The van der Waals surface area contributed by atoms with Crippen molar-refractivity contribution in [2.45, 2.75) is 39.0 Å². The fourth-order valence-corrected chi connectivity index (χ4v) is 3.61. The molecular weight excluding hydrogens is 477 g/mol. The number of nitrogens with one attached hydrogen (secondary N) is 2. The average Bonchev–Trinajstić information content (AvgIpc) is 3.11. The van der Waals surface area contributed by atoms with Crippen LogP contribution in [0.25, 0.3) is 0 Å². The fourth-order valence-electron chi connectivity index (χ4n) is 3.61. The topological polar surface area (TPSA) is 56.7 Å². The van der Waals surface area contributed by atoms with Crippen molar-refractivity contribution in [2.75, 3.05) is 33.7 Å². The van der Waals surface area contributed by atoms with Crippen LogP contribution in [0, 0.1) is 17.0 Å². The lowest BCUT2D eigenvalue weighted by Gasteiger charge is -2.29. The van der Waals surface area contributed by atoms with Crippen LogP contribution in [-0.2, 0) is 11.2 Å². The maximum absolute atomic E-state index is 13.7. The number of guanidine groups is 1. The van der Waals surface area contributed by atoms with Crippen LogP contribution in [0.4, 0.5) is 8.78 Å². The van der Waals surface area contributed by atoms with Crippen molar-refractivity contribution in [3.8, 4) is 0 Å². The predicted octanol–water partition coefficient (Wildman–Crippen LogP) is 3.33. The predicted molar refractivity (Wildman–Crippen MR) is 119 cm³/mol. The number of rotatable bonds is 7. The monoisotopic (exact) mass is 508 g/mol. The number of hydrogen-bond acceptors (Lipinski definition) is 2. The molecule has 1 aliphatic carbocycles. The Morgan fingerprint density at radius 2 is 1.79 bits per heavy atom. The highest BCUT2D eigenvalue weighted by Crippen LogP contribution is 2.39. The van der Waals surface area contributed by atoms with Gasteiger partial charge in [-0.25, -0.2) is 8.78 Å². The molecule has 8 heteroatoms. The number of carbonyl (C=O) groups is 1. The van der Waals surface area contributed by atoms with Crippen molar-refractivity contribution < 1.29 is 13.6 Å². The van der Waals surface area contributed by atoms with Gasteiger partial charge in [0.2, 0.25) is 5.91 Å². The van der Waals surface area contributed by atoms with E-state index in [0.29, 0.717) is 25.6 Å². The quantitative estimate of drug-likeness (QED) is 0.338. The van der Waals surface area contributed by atoms with Crippen molar-refractivity contribution in [1.82, 2.24) is 15.5 Å². The van der Waals surface area contributed by atoms with Gasteiger partial charge in [-0.3, -0.25) is 9.79 Å². The summed E-state index contributed by atoms with van der Waals surface area (Å²) >= 11 is 0. The highest BCUT2D eigenvalue weighted by molar-refractivity contribution is 14.0. The Morgan fingerprint density at radius 3 is 2.32 bits per heavy atom. The second-order valence-corrected chi connectivity index (χ2v) is 7.26. The number of amides is 1. The molecule has 5 nitrogen and oxygen atoms in total.